The van der Waals surface area contributed by atoms with Gasteiger partial charge in [-0.2, -0.15) is 0 Å². The van der Waals surface area contributed by atoms with E-state index in [1.54, 1.807) is 58.2 Å². The summed E-state index contributed by atoms with van der Waals surface area (Å²) in [4.78, 5) is 54.6. The Morgan fingerprint density at radius 3 is 2.36 bits per heavy atom. The molecule has 4 rings (SSSR count). The number of ketones is 1. The number of non-ortho nitro benzene ring substituents is 1. The second kappa shape index (κ2) is 18.0. The molecule has 1 aromatic rings. The third-order valence-corrected chi connectivity index (χ3v) is 11.5. The Bertz CT molecular complexity index is 1600. The number of aliphatic hydroxyl groups excluding tert-OH is 1. The highest BCUT2D eigenvalue weighted by molar-refractivity contribution is 5.88. The Morgan fingerprint density at radius 1 is 1.13 bits per heavy atom. The van der Waals surface area contributed by atoms with E-state index in [0.29, 0.717) is 17.6 Å². The molecule has 0 unspecified atom stereocenters. The predicted octanol–water partition coefficient (Wildman–Crippen LogP) is 5.06. The van der Waals surface area contributed by atoms with E-state index in [2.05, 4.69) is 5.43 Å². The number of benzene rings is 1. The number of nitro groups is 1. The zero-order valence-electron chi connectivity index (χ0n) is 34.0. The molecule has 15 nitrogen and oxygen atoms in total. The fourth-order valence-corrected chi connectivity index (χ4v) is 8.49. The lowest BCUT2D eigenvalue weighted by Crippen LogP contribution is -2.60. The number of cyclic esters (lactones) is 1. The predicted molar refractivity (Wildman–Crippen MR) is 204 cm³/mol. The minimum Gasteiger partial charge on any atom is -0.455 e. The van der Waals surface area contributed by atoms with Crippen molar-refractivity contribution in [1.29, 1.82) is 0 Å². The number of Topliss-reactive ketones (excluding diaryl/α,β-unsaturated/α-hetero) is 1. The Hall–Kier alpha value is -3.73. The van der Waals surface area contributed by atoms with Gasteiger partial charge in [0.25, 0.3) is 5.69 Å². The van der Waals surface area contributed by atoms with Crippen molar-refractivity contribution >= 4 is 29.6 Å². The molecule has 1 aromatic carbocycles. The van der Waals surface area contributed by atoms with Crippen LogP contribution in [0, 0.1) is 27.9 Å². The molecule has 1 amide bonds. The number of hydrogen-bond donors (Lipinski definition) is 2. The molecule has 15 heteroatoms. The normalized spacial score (nSPS) is 37.6. The van der Waals surface area contributed by atoms with Crippen LogP contribution in [0.1, 0.15) is 80.2 Å². The number of hydrazine groups is 1. The zero-order valence-corrected chi connectivity index (χ0v) is 34.0. The monoisotopic (exact) mass is 772 g/mol. The SMILES string of the molecule is CC[C@@H]1OC(=O)/C(C)=C/[C@H](C)[C@@H](O[C@@H]2O[C@H](C)C[C@H](N(C)C)[C@H]2O)[C@@](C)(OC)C[C@@H](C)C(=O)[C@@H](C)[C@H]2N(NC/C=C/c3ccc([N+](=O)[O-])cc3)C(=O)O[C@]12C. The second-order valence-corrected chi connectivity index (χ2v) is 15.9. The van der Waals surface area contributed by atoms with Crippen molar-refractivity contribution < 1.29 is 48.1 Å². The van der Waals surface area contributed by atoms with Crippen LogP contribution in [0.5, 0.6) is 0 Å². The molecule has 0 aromatic heterocycles. The molecule has 0 aliphatic carbocycles. The van der Waals surface area contributed by atoms with Crippen molar-refractivity contribution in [3.05, 3.63) is 57.7 Å². The van der Waals surface area contributed by atoms with Crippen LogP contribution in [0.4, 0.5) is 10.5 Å². The molecule has 2 saturated heterocycles. The van der Waals surface area contributed by atoms with Crippen LogP contribution in [0.2, 0.25) is 0 Å². The molecule has 0 saturated carbocycles. The summed E-state index contributed by atoms with van der Waals surface area (Å²) in [6.07, 6.45) is 1.70. The van der Waals surface area contributed by atoms with Crippen LogP contribution >= 0.6 is 0 Å². The smallest absolute Gasteiger partial charge is 0.425 e. The lowest BCUT2D eigenvalue weighted by molar-refractivity contribution is -0.384. The van der Waals surface area contributed by atoms with Gasteiger partial charge in [0.15, 0.2) is 11.9 Å². The number of aliphatic hydroxyl groups is 1. The summed E-state index contributed by atoms with van der Waals surface area (Å²) in [7, 11) is 5.33. The Morgan fingerprint density at radius 2 is 1.78 bits per heavy atom. The number of likely N-dealkylation sites (N-methyl/N-ethyl adjacent to an activating group) is 1. The van der Waals surface area contributed by atoms with Crippen molar-refractivity contribution in [2.24, 2.45) is 17.8 Å². The molecule has 12 atom stereocenters. The van der Waals surface area contributed by atoms with Gasteiger partial charge in [0.1, 0.15) is 24.0 Å². The van der Waals surface area contributed by atoms with E-state index in [0.717, 1.165) is 0 Å². The third-order valence-electron chi connectivity index (χ3n) is 11.5. The summed E-state index contributed by atoms with van der Waals surface area (Å²) in [5, 5.41) is 23.7. The third kappa shape index (κ3) is 9.63. The van der Waals surface area contributed by atoms with Gasteiger partial charge in [-0.25, -0.2) is 20.0 Å². The quantitative estimate of drug-likeness (QED) is 0.183. The van der Waals surface area contributed by atoms with Gasteiger partial charge in [-0.05, 0) is 78.7 Å². The summed E-state index contributed by atoms with van der Waals surface area (Å²) in [5.41, 5.74) is 1.54. The highest BCUT2D eigenvalue weighted by Gasteiger charge is 2.60. The Balaban J connectivity index is 1.70. The number of amides is 1. The van der Waals surface area contributed by atoms with Crippen molar-refractivity contribution in [3.63, 3.8) is 0 Å². The number of rotatable bonds is 10. The van der Waals surface area contributed by atoms with E-state index in [4.69, 9.17) is 23.7 Å². The van der Waals surface area contributed by atoms with Crippen molar-refractivity contribution in [2.45, 2.75) is 129 Å². The number of hydrogen-bond acceptors (Lipinski definition) is 13. The molecule has 0 bridgehead atoms. The molecule has 306 valence electrons. The number of fused-ring (bicyclic) bond motifs is 1. The van der Waals surface area contributed by atoms with Crippen LogP contribution in [0.3, 0.4) is 0 Å². The summed E-state index contributed by atoms with van der Waals surface area (Å²) >= 11 is 0. The fraction of sp³-hybridized carbons (Fsp3) is 0.675. The van der Waals surface area contributed by atoms with E-state index in [1.165, 1.54) is 17.1 Å². The van der Waals surface area contributed by atoms with Crippen molar-refractivity contribution in [2.75, 3.05) is 27.7 Å². The standard InChI is InChI=1S/C40H60N4O11/c1-12-31-40(8)34(43(38(48)55-40)41-19-13-14-28-15-17-29(18-16-28)44(49)50)27(6)32(45)25(4)22-39(7,51-11)35(23(2)20-24(3)36(47)53-31)54-37-33(46)30(42(9)10)21-26(5)52-37/h13-18,20,23,25-27,30-31,33-35,37,41,46H,12,19,21-22H2,1-11H3/b14-13+,24-20+/t23-,25+,26+,27+,30-,31-,33+,34+,35+,37-,39-,40+/m0/s1. The van der Waals surface area contributed by atoms with E-state index in [-0.39, 0.29) is 43.0 Å². The minimum absolute atomic E-state index is 0.0267. The zero-order chi connectivity index (χ0) is 41.0. The molecule has 3 heterocycles. The topological polar surface area (TPSA) is 179 Å². The number of methoxy groups -OCH3 is 1. The van der Waals surface area contributed by atoms with Crippen molar-refractivity contribution in [1.82, 2.24) is 15.3 Å². The molecule has 0 spiro atoms. The first-order valence-electron chi connectivity index (χ1n) is 19.1. The van der Waals surface area contributed by atoms with E-state index in [1.807, 2.05) is 53.6 Å². The number of nitrogens with one attached hydrogen (secondary N) is 1. The summed E-state index contributed by atoms with van der Waals surface area (Å²) in [5.74, 6) is -2.68. The number of carbonyl (C=O) groups is 3. The molecular formula is C40H60N4O11. The van der Waals surface area contributed by atoms with Crippen LogP contribution in [-0.2, 0) is 33.3 Å². The van der Waals surface area contributed by atoms with Crippen LogP contribution in [-0.4, -0.2) is 120 Å². The number of nitro benzene ring substituents is 1. The Kier molecular flexibility index (Phi) is 14.4. The van der Waals surface area contributed by atoms with Gasteiger partial charge in [0, 0.05) is 55.2 Å². The molecule has 3 aliphatic rings. The molecule has 3 aliphatic heterocycles. The van der Waals surface area contributed by atoms with Crippen LogP contribution in [0.25, 0.3) is 6.08 Å². The first kappa shape index (κ1) is 44.0. The van der Waals surface area contributed by atoms with E-state index >= 15 is 0 Å². The average molecular weight is 773 g/mol. The average Bonchev–Trinajstić information content (AvgIpc) is 3.39. The maximum Gasteiger partial charge on any atom is 0.425 e. The molecule has 55 heavy (non-hydrogen) atoms. The minimum atomic E-state index is -1.42. The van der Waals surface area contributed by atoms with Crippen molar-refractivity contribution in [3.8, 4) is 0 Å². The first-order chi connectivity index (χ1) is 25.8. The number of esters is 1. The fourth-order valence-electron chi connectivity index (χ4n) is 8.49. The second-order valence-electron chi connectivity index (χ2n) is 15.9. The lowest BCUT2D eigenvalue weighted by Gasteiger charge is -2.46. The molecule has 2 N–H and O–H groups in total. The van der Waals surface area contributed by atoms with Gasteiger partial charge in [-0.1, -0.05) is 45.9 Å². The summed E-state index contributed by atoms with van der Waals surface area (Å²) in [6.45, 7) is 14.5. The van der Waals surface area contributed by atoms with E-state index < -0.39 is 76.6 Å². The molecule has 0 radical (unpaired) electrons. The summed E-state index contributed by atoms with van der Waals surface area (Å²) in [6, 6.07) is 4.91. The van der Waals surface area contributed by atoms with Gasteiger partial charge in [0.2, 0.25) is 0 Å². The highest BCUT2D eigenvalue weighted by atomic mass is 16.7. The lowest BCUT2D eigenvalue weighted by atomic mass is 9.74. The molecular weight excluding hydrogens is 712 g/mol. The van der Waals surface area contributed by atoms with Gasteiger partial charge in [0.05, 0.1) is 22.7 Å². The highest BCUT2D eigenvalue weighted by Crippen LogP contribution is 2.42. The van der Waals surface area contributed by atoms with Gasteiger partial charge in [-0.3, -0.25) is 14.9 Å². The maximum absolute atomic E-state index is 14.6. The first-order valence-corrected chi connectivity index (χ1v) is 19.1. The number of ether oxygens (including phenoxy) is 5. The van der Waals surface area contributed by atoms with Gasteiger partial charge >= 0.3 is 12.1 Å². The summed E-state index contributed by atoms with van der Waals surface area (Å²) < 4.78 is 31.2. The largest absolute Gasteiger partial charge is 0.455 e. The van der Waals surface area contributed by atoms with Gasteiger partial charge < -0.3 is 33.7 Å². The number of carbonyl (C=O) groups excluding carboxylic acids is 3. The molecule has 2 fully saturated rings. The van der Waals surface area contributed by atoms with E-state index in [9.17, 15) is 29.6 Å². The Labute approximate surface area is 324 Å². The maximum atomic E-state index is 14.6. The number of nitrogens with zero attached hydrogens (tertiary/aromatic N) is 3. The van der Waals surface area contributed by atoms with Crippen LogP contribution in [0.15, 0.2) is 42.0 Å². The van der Waals surface area contributed by atoms with Gasteiger partial charge in [-0.15, -0.1) is 0 Å². The van der Waals surface area contributed by atoms with Crippen LogP contribution < -0.4 is 5.43 Å².